The van der Waals surface area contributed by atoms with Gasteiger partial charge in [0.1, 0.15) is 11.5 Å². The van der Waals surface area contributed by atoms with Crippen LogP contribution in [0.4, 0.5) is 16.3 Å². The Labute approximate surface area is 173 Å². The molecule has 0 radical (unpaired) electrons. The SMILES string of the molecule is Cc1cc(NC(=O)Nc2ccc(Cl)c(Cl)c2)n(-c2nc(-c3ccco3)cs2)n1. The fraction of sp³-hybridized carbons (Fsp3) is 0.0556. The van der Waals surface area contributed by atoms with Gasteiger partial charge >= 0.3 is 6.03 Å². The van der Waals surface area contributed by atoms with Crippen LogP contribution < -0.4 is 10.6 Å². The number of nitrogens with zero attached hydrogens (tertiary/aromatic N) is 3. The molecule has 28 heavy (non-hydrogen) atoms. The normalized spacial score (nSPS) is 10.8. The van der Waals surface area contributed by atoms with E-state index < -0.39 is 6.03 Å². The minimum Gasteiger partial charge on any atom is -0.463 e. The minimum absolute atomic E-state index is 0.355. The maximum Gasteiger partial charge on any atom is 0.324 e. The van der Waals surface area contributed by atoms with E-state index in [1.807, 2.05) is 18.4 Å². The first kappa shape index (κ1) is 18.5. The lowest BCUT2D eigenvalue weighted by molar-refractivity contribution is 0.262. The molecule has 0 unspecified atom stereocenters. The van der Waals surface area contributed by atoms with Crippen LogP contribution in [0.25, 0.3) is 16.6 Å². The molecule has 10 heteroatoms. The molecule has 1 aromatic carbocycles. The summed E-state index contributed by atoms with van der Waals surface area (Å²) in [4.78, 5) is 16.9. The van der Waals surface area contributed by atoms with Crippen LogP contribution in [0.2, 0.25) is 10.0 Å². The summed E-state index contributed by atoms with van der Waals surface area (Å²) in [5.41, 5.74) is 1.95. The van der Waals surface area contributed by atoms with Crippen LogP contribution in [0.15, 0.2) is 52.5 Å². The molecule has 3 aromatic heterocycles. The van der Waals surface area contributed by atoms with Gasteiger partial charge in [-0.25, -0.2) is 9.78 Å². The number of amides is 2. The summed E-state index contributed by atoms with van der Waals surface area (Å²) in [6.07, 6.45) is 1.59. The van der Waals surface area contributed by atoms with E-state index in [2.05, 4.69) is 20.7 Å². The number of urea groups is 1. The van der Waals surface area contributed by atoms with Crippen molar-refractivity contribution in [3.63, 3.8) is 0 Å². The van der Waals surface area contributed by atoms with Gasteiger partial charge in [0.05, 0.1) is 22.0 Å². The second-order valence-corrected chi connectivity index (χ2v) is 7.43. The number of thiazole rings is 1. The third kappa shape index (κ3) is 3.89. The third-order valence-electron chi connectivity index (χ3n) is 3.70. The van der Waals surface area contributed by atoms with Crippen molar-refractivity contribution in [1.29, 1.82) is 0 Å². The van der Waals surface area contributed by atoms with E-state index in [4.69, 9.17) is 27.6 Å². The molecule has 2 N–H and O–H groups in total. The van der Waals surface area contributed by atoms with E-state index in [0.29, 0.717) is 38.1 Å². The molecule has 0 spiro atoms. The highest BCUT2D eigenvalue weighted by Crippen LogP contribution is 2.27. The Hall–Kier alpha value is -2.81. The number of hydrogen-bond acceptors (Lipinski definition) is 5. The second kappa shape index (κ2) is 7.67. The van der Waals surface area contributed by atoms with Crippen LogP contribution in [0.3, 0.4) is 0 Å². The number of carbonyl (C=O) groups is 1. The molecule has 2 amide bonds. The van der Waals surface area contributed by atoms with Gasteiger partial charge in [0.2, 0.25) is 5.13 Å². The molecule has 0 saturated carbocycles. The number of nitrogens with one attached hydrogen (secondary N) is 2. The molecule has 0 fully saturated rings. The van der Waals surface area contributed by atoms with Crippen LogP contribution in [0, 0.1) is 6.92 Å². The summed E-state index contributed by atoms with van der Waals surface area (Å²) in [6.45, 7) is 1.83. The Kier molecular flexibility index (Phi) is 5.08. The van der Waals surface area contributed by atoms with E-state index in [9.17, 15) is 4.79 Å². The lowest BCUT2D eigenvalue weighted by atomic mass is 10.3. The Morgan fingerprint density at radius 1 is 1.18 bits per heavy atom. The van der Waals surface area contributed by atoms with Crippen molar-refractivity contribution in [2.75, 3.05) is 10.6 Å². The fourth-order valence-corrected chi connectivity index (χ4v) is 3.56. The number of hydrogen-bond donors (Lipinski definition) is 2. The number of anilines is 2. The molecule has 0 aliphatic heterocycles. The second-order valence-electron chi connectivity index (χ2n) is 5.78. The highest BCUT2D eigenvalue weighted by atomic mass is 35.5. The van der Waals surface area contributed by atoms with Gasteiger partial charge in [0, 0.05) is 17.1 Å². The summed E-state index contributed by atoms with van der Waals surface area (Å²) in [6, 6.07) is 9.78. The van der Waals surface area contributed by atoms with Crippen molar-refractivity contribution in [2.45, 2.75) is 6.92 Å². The monoisotopic (exact) mass is 433 g/mol. The van der Waals surface area contributed by atoms with Crippen LogP contribution in [0.5, 0.6) is 0 Å². The number of rotatable bonds is 4. The predicted octanol–water partition coefficient (Wildman–Crippen LogP) is 5.85. The Bertz CT molecular complexity index is 1140. The Morgan fingerprint density at radius 3 is 2.79 bits per heavy atom. The van der Waals surface area contributed by atoms with Crippen LogP contribution in [-0.2, 0) is 0 Å². The molecule has 4 rings (SSSR count). The average Bonchev–Trinajstić information content (AvgIpc) is 3.38. The van der Waals surface area contributed by atoms with Gasteiger partial charge in [0.15, 0.2) is 5.76 Å². The molecular formula is C18H13Cl2N5O2S. The summed E-state index contributed by atoms with van der Waals surface area (Å²) in [5, 5.41) is 13.1. The molecule has 0 aliphatic rings. The maximum absolute atomic E-state index is 12.4. The maximum atomic E-state index is 12.4. The lowest BCUT2D eigenvalue weighted by Gasteiger charge is -2.09. The number of halogens is 2. The highest BCUT2D eigenvalue weighted by Gasteiger charge is 2.15. The van der Waals surface area contributed by atoms with Gasteiger partial charge in [-0.3, -0.25) is 5.32 Å². The van der Waals surface area contributed by atoms with Crippen molar-refractivity contribution < 1.29 is 9.21 Å². The molecule has 7 nitrogen and oxygen atoms in total. The van der Waals surface area contributed by atoms with Crippen molar-refractivity contribution in [3.05, 3.63) is 63.8 Å². The van der Waals surface area contributed by atoms with E-state index in [1.165, 1.54) is 11.3 Å². The first-order chi connectivity index (χ1) is 13.5. The zero-order chi connectivity index (χ0) is 19.7. The summed E-state index contributed by atoms with van der Waals surface area (Å²) in [5.74, 6) is 1.15. The Morgan fingerprint density at radius 2 is 2.04 bits per heavy atom. The minimum atomic E-state index is -0.442. The van der Waals surface area contributed by atoms with Crippen LogP contribution in [-0.4, -0.2) is 20.8 Å². The van der Waals surface area contributed by atoms with Crippen molar-refractivity contribution in [3.8, 4) is 16.6 Å². The van der Waals surface area contributed by atoms with Crippen LogP contribution in [0.1, 0.15) is 5.69 Å². The summed E-state index contributed by atoms with van der Waals surface area (Å²) in [7, 11) is 0. The van der Waals surface area contributed by atoms with Crippen LogP contribution >= 0.6 is 34.5 Å². The van der Waals surface area contributed by atoms with E-state index in [1.54, 1.807) is 41.3 Å². The van der Waals surface area contributed by atoms with Crippen molar-refractivity contribution in [2.24, 2.45) is 0 Å². The number of benzene rings is 1. The third-order valence-corrected chi connectivity index (χ3v) is 5.25. The summed E-state index contributed by atoms with van der Waals surface area (Å²) >= 11 is 13.3. The van der Waals surface area contributed by atoms with Crippen molar-refractivity contribution >= 4 is 52.1 Å². The van der Waals surface area contributed by atoms with E-state index >= 15 is 0 Å². The number of aromatic nitrogens is 3. The zero-order valence-corrected chi connectivity index (χ0v) is 16.8. The van der Waals surface area contributed by atoms with Gasteiger partial charge in [-0.15, -0.1) is 11.3 Å². The van der Waals surface area contributed by atoms with Gasteiger partial charge in [0.25, 0.3) is 0 Å². The quantitative estimate of drug-likeness (QED) is 0.422. The van der Waals surface area contributed by atoms with Gasteiger partial charge in [-0.05, 0) is 37.3 Å². The standard InChI is InChI=1S/C18H13Cl2N5O2S/c1-10-7-16(23-17(26)21-11-4-5-12(19)13(20)8-11)25(24-10)18-22-14(9-28-18)15-3-2-6-27-15/h2-9H,1H3,(H2,21,23,26). The topological polar surface area (TPSA) is 85.0 Å². The molecule has 0 aliphatic carbocycles. The van der Waals surface area contributed by atoms with E-state index in [0.717, 1.165) is 5.69 Å². The molecule has 3 heterocycles. The van der Waals surface area contributed by atoms with Gasteiger partial charge < -0.3 is 9.73 Å². The molecule has 0 saturated heterocycles. The Balaban J connectivity index is 1.54. The molecule has 142 valence electrons. The largest absolute Gasteiger partial charge is 0.463 e. The number of aryl methyl sites for hydroxylation is 1. The first-order valence-corrected chi connectivity index (χ1v) is 9.72. The molecule has 0 bridgehead atoms. The molecule has 0 atom stereocenters. The van der Waals surface area contributed by atoms with Crippen molar-refractivity contribution in [1.82, 2.24) is 14.8 Å². The number of carbonyl (C=O) groups excluding carboxylic acids is 1. The lowest BCUT2D eigenvalue weighted by Crippen LogP contribution is -2.21. The summed E-state index contributed by atoms with van der Waals surface area (Å²) < 4.78 is 6.94. The zero-order valence-electron chi connectivity index (χ0n) is 14.4. The van der Waals surface area contributed by atoms with E-state index in [-0.39, 0.29) is 0 Å². The smallest absolute Gasteiger partial charge is 0.324 e. The van der Waals surface area contributed by atoms with Gasteiger partial charge in [-0.2, -0.15) is 9.78 Å². The first-order valence-electron chi connectivity index (χ1n) is 8.09. The fourth-order valence-electron chi connectivity index (χ4n) is 2.49. The molecular weight excluding hydrogens is 421 g/mol. The van der Waals surface area contributed by atoms with Gasteiger partial charge in [-0.1, -0.05) is 23.2 Å². The number of furan rings is 1. The highest BCUT2D eigenvalue weighted by molar-refractivity contribution is 7.12. The predicted molar refractivity (Wildman–Crippen MR) is 111 cm³/mol. The average molecular weight is 434 g/mol. The molecule has 4 aromatic rings.